The Morgan fingerprint density at radius 1 is 1.29 bits per heavy atom. The number of hydrogen-bond acceptors (Lipinski definition) is 5. The molecule has 1 aromatic carbocycles. The molecule has 1 unspecified atom stereocenters. The lowest BCUT2D eigenvalue weighted by molar-refractivity contribution is -0.144. The molecule has 1 saturated heterocycles. The van der Waals surface area contributed by atoms with Gasteiger partial charge in [-0.3, -0.25) is 4.79 Å². The zero-order chi connectivity index (χ0) is 17.8. The number of nitrogens with one attached hydrogen (secondary N) is 1. The fourth-order valence-corrected chi connectivity index (χ4v) is 3.90. The molecule has 0 aromatic heterocycles. The van der Waals surface area contributed by atoms with E-state index in [0.717, 1.165) is 6.42 Å². The van der Waals surface area contributed by atoms with Crippen LogP contribution in [0.25, 0.3) is 0 Å². The second-order valence-electron chi connectivity index (χ2n) is 5.84. The van der Waals surface area contributed by atoms with Gasteiger partial charge in [-0.2, -0.15) is 0 Å². The Labute approximate surface area is 140 Å². The summed E-state index contributed by atoms with van der Waals surface area (Å²) in [5.74, 6) is -1.65. The molecule has 1 fully saturated rings. The second kappa shape index (κ2) is 7.31. The Morgan fingerprint density at radius 2 is 1.96 bits per heavy atom. The molecule has 0 radical (unpaired) electrons. The number of hydrogen-bond donors (Lipinski definition) is 2. The predicted octanol–water partition coefficient (Wildman–Crippen LogP) is 1.23. The molecule has 1 heterocycles. The second-order valence-corrected chi connectivity index (χ2v) is 7.95. The Bertz CT molecular complexity index is 705. The SMILES string of the molecule is CCCCS(=O)(=O)c1ccc(C(=O)NC2(C(=O)O)CCOC2)cc1. The Morgan fingerprint density at radius 3 is 2.46 bits per heavy atom. The van der Waals surface area contributed by atoms with E-state index < -0.39 is 27.3 Å². The molecule has 0 bridgehead atoms. The number of carboxylic acid groups (broad SMARTS) is 1. The van der Waals surface area contributed by atoms with E-state index in [0.29, 0.717) is 6.42 Å². The molecule has 132 valence electrons. The monoisotopic (exact) mass is 355 g/mol. The summed E-state index contributed by atoms with van der Waals surface area (Å²) in [6.07, 6.45) is 1.54. The van der Waals surface area contributed by atoms with Gasteiger partial charge in [0, 0.05) is 18.6 Å². The number of carboxylic acids is 1. The Kier molecular flexibility index (Phi) is 5.61. The van der Waals surface area contributed by atoms with Crippen LogP contribution in [0.5, 0.6) is 0 Å². The molecule has 8 heteroatoms. The van der Waals surface area contributed by atoms with E-state index in [1.807, 2.05) is 6.92 Å². The summed E-state index contributed by atoms with van der Waals surface area (Å²) in [7, 11) is -3.36. The minimum Gasteiger partial charge on any atom is -0.479 e. The summed E-state index contributed by atoms with van der Waals surface area (Å²) < 4.78 is 29.3. The van der Waals surface area contributed by atoms with Crippen LogP contribution in [-0.4, -0.2) is 49.9 Å². The number of benzene rings is 1. The van der Waals surface area contributed by atoms with E-state index in [1.165, 1.54) is 24.3 Å². The van der Waals surface area contributed by atoms with E-state index in [-0.39, 0.29) is 35.8 Å². The van der Waals surface area contributed by atoms with Crippen LogP contribution in [0.15, 0.2) is 29.2 Å². The number of unbranched alkanes of at least 4 members (excludes halogenated alkanes) is 1. The maximum atomic E-state index is 12.3. The summed E-state index contributed by atoms with van der Waals surface area (Å²) in [6.45, 7) is 2.09. The van der Waals surface area contributed by atoms with Crippen LogP contribution in [0.3, 0.4) is 0 Å². The molecule has 2 rings (SSSR count). The molecule has 1 aliphatic heterocycles. The van der Waals surface area contributed by atoms with Gasteiger partial charge in [-0.05, 0) is 30.7 Å². The molecule has 7 nitrogen and oxygen atoms in total. The average Bonchev–Trinajstić information content (AvgIpc) is 3.03. The number of ether oxygens (including phenoxy) is 1. The average molecular weight is 355 g/mol. The van der Waals surface area contributed by atoms with Crippen LogP contribution in [0.1, 0.15) is 36.5 Å². The Balaban J connectivity index is 2.13. The van der Waals surface area contributed by atoms with Gasteiger partial charge in [-0.1, -0.05) is 13.3 Å². The molecule has 24 heavy (non-hydrogen) atoms. The van der Waals surface area contributed by atoms with Crippen molar-refractivity contribution in [3.63, 3.8) is 0 Å². The predicted molar refractivity (Wildman–Crippen MR) is 86.7 cm³/mol. The van der Waals surface area contributed by atoms with Crippen molar-refractivity contribution in [2.75, 3.05) is 19.0 Å². The van der Waals surface area contributed by atoms with E-state index in [2.05, 4.69) is 5.32 Å². The topological polar surface area (TPSA) is 110 Å². The zero-order valence-electron chi connectivity index (χ0n) is 13.4. The summed E-state index contributed by atoms with van der Waals surface area (Å²) in [5, 5.41) is 11.8. The largest absolute Gasteiger partial charge is 0.479 e. The normalized spacial score (nSPS) is 20.7. The number of carbonyl (C=O) groups excluding carboxylic acids is 1. The first-order chi connectivity index (χ1) is 11.3. The summed E-state index contributed by atoms with van der Waals surface area (Å²) in [4.78, 5) is 23.8. The molecule has 1 aliphatic rings. The number of rotatable bonds is 7. The number of carbonyl (C=O) groups is 2. The molecule has 1 amide bonds. The first kappa shape index (κ1) is 18.4. The third-order valence-electron chi connectivity index (χ3n) is 4.03. The van der Waals surface area contributed by atoms with E-state index in [9.17, 15) is 23.1 Å². The highest BCUT2D eigenvalue weighted by Gasteiger charge is 2.44. The summed E-state index contributed by atoms with van der Waals surface area (Å²) >= 11 is 0. The van der Waals surface area contributed by atoms with Crippen LogP contribution in [0, 0.1) is 0 Å². The molecule has 1 atom stereocenters. The van der Waals surface area contributed by atoms with Gasteiger partial charge in [0.15, 0.2) is 15.4 Å². The molecule has 0 spiro atoms. The van der Waals surface area contributed by atoms with Gasteiger partial charge < -0.3 is 15.2 Å². The van der Waals surface area contributed by atoms with Gasteiger partial charge >= 0.3 is 5.97 Å². The number of aliphatic carboxylic acids is 1. The lowest BCUT2D eigenvalue weighted by Crippen LogP contribution is -2.55. The van der Waals surface area contributed by atoms with Crippen molar-refractivity contribution >= 4 is 21.7 Å². The number of sulfone groups is 1. The van der Waals surface area contributed by atoms with Crippen molar-refractivity contribution in [2.24, 2.45) is 0 Å². The van der Waals surface area contributed by atoms with Crippen molar-refractivity contribution in [2.45, 2.75) is 36.6 Å². The van der Waals surface area contributed by atoms with Crippen molar-refractivity contribution in [3.8, 4) is 0 Å². The quantitative estimate of drug-likeness (QED) is 0.761. The first-order valence-electron chi connectivity index (χ1n) is 7.77. The standard InChI is InChI=1S/C16H21NO6S/c1-2-3-10-24(21,22)13-6-4-12(5-7-13)14(18)17-16(15(19)20)8-9-23-11-16/h4-7H,2-3,8-11H2,1H3,(H,17,18)(H,19,20). The smallest absolute Gasteiger partial charge is 0.331 e. The lowest BCUT2D eigenvalue weighted by atomic mass is 9.98. The molecular weight excluding hydrogens is 334 g/mol. The van der Waals surface area contributed by atoms with Gasteiger partial charge in [0.05, 0.1) is 17.3 Å². The van der Waals surface area contributed by atoms with Crippen molar-refractivity contribution in [1.82, 2.24) is 5.32 Å². The van der Waals surface area contributed by atoms with Gasteiger partial charge in [0.1, 0.15) is 0 Å². The highest BCUT2D eigenvalue weighted by atomic mass is 32.2. The van der Waals surface area contributed by atoms with Crippen LogP contribution < -0.4 is 5.32 Å². The van der Waals surface area contributed by atoms with Crippen LogP contribution in [0.4, 0.5) is 0 Å². The van der Waals surface area contributed by atoms with E-state index in [1.54, 1.807) is 0 Å². The van der Waals surface area contributed by atoms with Crippen LogP contribution in [0.2, 0.25) is 0 Å². The highest BCUT2D eigenvalue weighted by Crippen LogP contribution is 2.20. The maximum absolute atomic E-state index is 12.3. The fourth-order valence-electron chi connectivity index (χ4n) is 2.44. The summed E-state index contributed by atoms with van der Waals surface area (Å²) in [6, 6.07) is 5.52. The molecular formula is C16H21NO6S. The van der Waals surface area contributed by atoms with Crippen molar-refractivity contribution in [3.05, 3.63) is 29.8 Å². The lowest BCUT2D eigenvalue weighted by Gasteiger charge is -2.23. The molecule has 1 aromatic rings. The molecule has 0 saturated carbocycles. The van der Waals surface area contributed by atoms with Gasteiger partial charge in [0.2, 0.25) is 0 Å². The highest BCUT2D eigenvalue weighted by molar-refractivity contribution is 7.91. The van der Waals surface area contributed by atoms with Gasteiger partial charge in [-0.15, -0.1) is 0 Å². The van der Waals surface area contributed by atoms with Crippen molar-refractivity contribution in [1.29, 1.82) is 0 Å². The minimum absolute atomic E-state index is 0.0640. The molecule has 0 aliphatic carbocycles. The zero-order valence-corrected chi connectivity index (χ0v) is 14.3. The summed E-state index contributed by atoms with van der Waals surface area (Å²) in [5.41, 5.74) is -1.22. The third-order valence-corrected chi connectivity index (χ3v) is 5.84. The Hall–Kier alpha value is -1.93. The van der Waals surface area contributed by atoms with Gasteiger partial charge in [0.25, 0.3) is 5.91 Å². The van der Waals surface area contributed by atoms with Gasteiger partial charge in [-0.25, -0.2) is 13.2 Å². The van der Waals surface area contributed by atoms with Crippen LogP contribution in [-0.2, 0) is 19.4 Å². The van der Waals surface area contributed by atoms with E-state index >= 15 is 0 Å². The number of amides is 1. The third kappa shape index (κ3) is 3.93. The molecule has 2 N–H and O–H groups in total. The van der Waals surface area contributed by atoms with Crippen LogP contribution >= 0.6 is 0 Å². The maximum Gasteiger partial charge on any atom is 0.331 e. The minimum atomic E-state index is -3.36. The van der Waals surface area contributed by atoms with E-state index in [4.69, 9.17) is 4.74 Å². The fraction of sp³-hybridized carbons (Fsp3) is 0.500. The first-order valence-corrected chi connectivity index (χ1v) is 9.42. The van der Waals surface area contributed by atoms with Crippen molar-refractivity contribution < 1.29 is 27.9 Å².